The molecule has 1 unspecified atom stereocenters. The minimum atomic E-state index is -0.487. The summed E-state index contributed by atoms with van der Waals surface area (Å²) >= 11 is 0. The fourth-order valence-electron chi connectivity index (χ4n) is 1.28. The third kappa shape index (κ3) is 4.34. The first kappa shape index (κ1) is 13.9. The quantitative estimate of drug-likeness (QED) is 0.463. The lowest BCUT2D eigenvalue weighted by Gasteiger charge is -2.04. The van der Waals surface area contributed by atoms with Crippen molar-refractivity contribution < 1.29 is 9.72 Å². The van der Waals surface area contributed by atoms with E-state index in [2.05, 4.69) is 5.32 Å². The van der Waals surface area contributed by atoms with Gasteiger partial charge in [-0.05, 0) is 19.1 Å². The van der Waals surface area contributed by atoms with Crippen LogP contribution in [0.3, 0.4) is 0 Å². The molecule has 0 radical (unpaired) electrons. The summed E-state index contributed by atoms with van der Waals surface area (Å²) in [4.78, 5) is 21.6. The molecule has 96 valence electrons. The van der Waals surface area contributed by atoms with Gasteiger partial charge in [0.15, 0.2) is 0 Å². The van der Waals surface area contributed by atoms with Crippen LogP contribution in [0.1, 0.15) is 12.5 Å². The lowest BCUT2D eigenvalue weighted by Crippen LogP contribution is -2.34. The molecule has 1 atom stereocenters. The van der Waals surface area contributed by atoms with Crippen molar-refractivity contribution in [3.63, 3.8) is 0 Å². The van der Waals surface area contributed by atoms with E-state index in [1.807, 2.05) is 0 Å². The van der Waals surface area contributed by atoms with Crippen LogP contribution in [0.4, 0.5) is 5.69 Å². The number of nitrogens with zero attached hydrogens (tertiary/aromatic N) is 1. The van der Waals surface area contributed by atoms with Crippen LogP contribution in [0.15, 0.2) is 30.3 Å². The van der Waals surface area contributed by atoms with Crippen LogP contribution in [0.5, 0.6) is 0 Å². The average molecular weight is 249 g/mol. The molecule has 1 amide bonds. The Balaban J connectivity index is 2.72. The second kappa shape index (κ2) is 6.51. The molecule has 1 aromatic carbocycles. The minimum Gasteiger partial charge on any atom is -0.351 e. The monoisotopic (exact) mass is 249 g/mol. The number of rotatable bonds is 5. The molecule has 0 saturated carbocycles. The predicted octanol–water partition coefficient (Wildman–Crippen LogP) is 1.07. The van der Waals surface area contributed by atoms with Crippen LogP contribution in [0.25, 0.3) is 6.08 Å². The summed E-state index contributed by atoms with van der Waals surface area (Å²) in [5.41, 5.74) is 5.84. The number of amides is 1. The van der Waals surface area contributed by atoms with Crippen LogP contribution in [-0.2, 0) is 4.79 Å². The minimum absolute atomic E-state index is 0.0336. The van der Waals surface area contributed by atoms with E-state index in [-0.39, 0.29) is 17.6 Å². The molecule has 3 N–H and O–H groups in total. The van der Waals surface area contributed by atoms with Gasteiger partial charge in [-0.3, -0.25) is 14.9 Å². The standard InChI is InChI=1S/C12H15N3O3/c1-9(13)8-14-12(16)7-6-10-4-2-3-5-11(10)15(17)18/h2-7,9H,8,13H2,1H3,(H,14,16). The van der Waals surface area contributed by atoms with Gasteiger partial charge >= 0.3 is 0 Å². The lowest BCUT2D eigenvalue weighted by atomic mass is 10.1. The first-order valence-corrected chi connectivity index (χ1v) is 5.45. The summed E-state index contributed by atoms with van der Waals surface area (Å²) in [6, 6.07) is 6.08. The number of hydrogen-bond donors (Lipinski definition) is 2. The van der Waals surface area contributed by atoms with Gasteiger partial charge in [-0.25, -0.2) is 0 Å². The van der Waals surface area contributed by atoms with Gasteiger partial charge in [0.2, 0.25) is 5.91 Å². The topological polar surface area (TPSA) is 98.3 Å². The van der Waals surface area contributed by atoms with E-state index in [0.717, 1.165) is 0 Å². The van der Waals surface area contributed by atoms with Crippen LogP contribution in [-0.4, -0.2) is 23.4 Å². The summed E-state index contributed by atoms with van der Waals surface area (Å²) in [7, 11) is 0. The summed E-state index contributed by atoms with van der Waals surface area (Å²) in [6.45, 7) is 2.13. The van der Waals surface area contributed by atoms with Gasteiger partial charge in [-0.1, -0.05) is 12.1 Å². The fraction of sp³-hybridized carbons (Fsp3) is 0.250. The molecule has 0 saturated heterocycles. The molecular formula is C12H15N3O3. The SMILES string of the molecule is CC(N)CNC(=O)C=Cc1ccccc1[N+](=O)[O-]. The number of carbonyl (C=O) groups is 1. The van der Waals surface area contributed by atoms with Crippen molar-refractivity contribution in [1.82, 2.24) is 5.32 Å². The Kier molecular flexibility index (Phi) is 5.01. The molecule has 0 aliphatic heterocycles. The summed E-state index contributed by atoms with van der Waals surface area (Å²) in [5, 5.41) is 13.3. The van der Waals surface area contributed by atoms with E-state index in [0.29, 0.717) is 12.1 Å². The third-order valence-corrected chi connectivity index (χ3v) is 2.15. The van der Waals surface area contributed by atoms with Crippen molar-refractivity contribution in [2.45, 2.75) is 13.0 Å². The van der Waals surface area contributed by atoms with E-state index >= 15 is 0 Å². The van der Waals surface area contributed by atoms with E-state index in [4.69, 9.17) is 5.73 Å². The van der Waals surface area contributed by atoms with Crippen LogP contribution >= 0.6 is 0 Å². The number of nitro groups is 1. The smallest absolute Gasteiger partial charge is 0.276 e. The third-order valence-electron chi connectivity index (χ3n) is 2.15. The zero-order valence-electron chi connectivity index (χ0n) is 10.00. The zero-order valence-corrected chi connectivity index (χ0v) is 10.00. The highest BCUT2D eigenvalue weighted by Crippen LogP contribution is 2.18. The summed E-state index contributed by atoms with van der Waals surface area (Å²) < 4.78 is 0. The van der Waals surface area contributed by atoms with Gasteiger partial charge in [0.25, 0.3) is 5.69 Å². The Hall–Kier alpha value is -2.21. The van der Waals surface area contributed by atoms with E-state index in [1.54, 1.807) is 25.1 Å². The van der Waals surface area contributed by atoms with Gasteiger partial charge in [-0.2, -0.15) is 0 Å². The molecule has 0 fully saturated rings. The Bertz CT molecular complexity index is 469. The number of hydrogen-bond acceptors (Lipinski definition) is 4. The molecule has 0 aliphatic rings. The second-order valence-corrected chi connectivity index (χ2v) is 3.87. The number of nitro benzene ring substituents is 1. The van der Waals surface area contributed by atoms with E-state index < -0.39 is 4.92 Å². The second-order valence-electron chi connectivity index (χ2n) is 3.87. The molecule has 6 nitrogen and oxygen atoms in total. The average Bonchev–Trinajstić information content (AvgIpc) is 2.34. The van der Waals surface area contributed by atoms with E-state index in [9.17, 15) is 14.9 Å². The zero-order chi connectivity index (χ0) is 13.5. The molecule has 0 aromatic heterocycles. The lowest BCUT2D eigenvalue weighted by molar-refractivity contribution is -0.385. The van der Waals surface area contributed by atoms with Crippen molar-refractivity contribution >= 4 is 17.7 Å². The highest BCUT2D eigenvalue weighted by atomic mass is 16.6. The van der Waals surface area contributed by atoms with Crippen molar-refractivity contribution in [3.8, 4) is 0 Å². The Labute approximate surface area is 105 Å². The molecule has 1 aromatic rings. The predicted molar refractivity (Wildman–Crippen MR) is 68.8 cm³/mol. The number of carbonyl (C=O) groups excluding carboxylic acids is 1. The molecule has 0 bridgehead atoms. The highest BCUT2D eigenvalue weighted by molar-refractivity contribution is 5.92. The van der Waals surface area contributed by atoms with Crippen LogP contribution in [0, 0.1) is 10.1 Å². The maximum atomic E-state index is 11.4. The Morgan fingerprint density at radius 2 is 2.22 bits per heavy atom. The van der Waals surface area contributed by atoms with Gasteiger partial charge in [0.1, 0.15) is 0 Å². The maximum absolute atomic E-state index is 11.4. The molecule has 6 heteroatoms. The fourth-order valence-corrected chi connectivity index (χ4v) is 1.28. The van der Waals surface area contributed by atoms with Crippen molar-refractivity contribution in [2.75, 3.05) is 6.54 Å². The number of benzene rings is 1. The molecular weight excluding hydrogens is 234 g/mol. The van der Waals surface area contributed by atoms with Crippen molar-refractivity contribution in [2.24, 2.45) is 5.73 Å². The first-order chi connectivity index (χ1) is 8.50. The normalized spacial score (nSPS) is 12.3. The van der Waals surface area contributed by atoms with Gasteiger partial charge in [0.05, 0.1) is 10.5 Å². The Morgan fingerprint density at radius 1 is 1.56 bits per heavy atom. The maximum Gasteiger partial charge on any atom is 0.276 e. The molecule has 1 rings (SSSR count). The number of nitrogens with one attached hydrogen (secondary N) is 1. The van der Waals surface area contributed by atoms with E-state index in [1.165, 1.54) is 18.2 Å². The Morgan fingerprint density at radius 3 is 2.83 bits per heavy atom. The number of nitrogens with two attached hydrogens (primary N) is 1. The summed E-state index contributed by atoms with van der Waals surface area (Å²) in [6.07, 6.45) is 2.67. The summed E-state index contributed by atoms with van der Waals surface area (Å²) in [5.74, 6) is -0.328. The van der Waals surface area contributed by atoms with Gasteiger partial charge < -0.3 is 11.1 Å². The van der Waals surface area contributed by atoms with Crippen LogP contribution < -0.4 is 11.1 Å². The van der Waals surface area contributed by atoms with Gasteiger partial charge in [0, 0.05) is 24.7 Å². The molecule has 0 heterocycles. The van der Waals surface area contributed by atoms with Crippen molar-refractivity contribution in [1.29, 1.82) is 0 Å². The highest BCUT2D eigenvalue weighted by Gasteiger charge is 2.09. The largest absolute Gasteiger partial charge is 0.351 e. The first-order valence-electron chi connectivity index (χ1n) is 5.45. The number of para-hydroxylation sites is 1. The van der Waals surface area contributed by atoms with Gasteiger partial charge in [-0.15, -0.1) is 0 Å². The van der Waals surface area contributed by atoms with Crippen molar-refractivity contribution in [3.05, 3.63) is 46.0 Å². The molecule has 0 aliphatic carbocycles. The van der Waals surface area contributed by atoms with Crippen LogP contribution in [0.2, 0.25) is 0 Å². The molecule has 18 heavy (non-hydrogen) atoms. The molecule has 0 spiro atoms.